The number of nitrogens with two attached hydrogens (primary N) is 1. The summed E-state index contributed by atoms with van der Waals surface area (Å²) in [6, 6.07) is -0.979. The smallest absolute Gasteiger partial charge is 0.326 e. The molecule has 0 radical (unpaired) electrons. The minimum atomic E-state index is -1.03. The van der Waals surface area contributed by atoms with Gasteiger partial charge in [-0.2, -0.15) is 0 Å². The zero-order valence-electron chi connectivity index (χ0n) is 8.63. The monoisotopic (exact) mass is 243 g/mol. The van der Waals surface area contributed by atoms with Crippen molar-refractivity contribution in [2.45, 2.75) is 6.04 Å². The second kappa shape index (κ2) is 4.77. The van der Waals surface area contributed by atoms with Gasteiger partial charge in [-0.1, -0.05) is 11.3 Å². The number of rotatable bonds is 3. The van der Waals surface area contributed by atoms with E-state index < -0.39 is 12.0 Å². The van der Waals surface area contributed by atoms with Crippen LogP contribution in [0.1, 0.15) is 10.9 Å². The molecule has 1 saturated heterocycles. The largest absolute Gasteiger partial charge is 0.480 e. The molecule has 0 saturated carbocycles. The Kier molecular flexibility index (Phi) is 3.37. The molecule has 16 heavy (non-hydrogen) atoms. The highest BCUT2D eigenvalue weighted by Gasteiger charge is 2.20. The van der Waals surface area contributed by atoms with Crippen LogP contribution in [0.2, 0.25) is 0 Å². The Hall–Kier alpha value is -1.18. The first kappa shape index (κ1) is 11.3. The zero-order chi connectivity index (χ0) is 11.5. The third-order valence-corrected chi connectivity index (χ3v) is 3.51. The van der Waals surface area contributed by atoms with Gasteiger partial charge in [0.2, 0.25) is 0 Å². The first-order chi connectivity index (χ1) is 7.68. The molecule has 7 heteroatoms. The summed E-state index contributed by atoms with van der Waals surface area (Å²) >= 11 is 1.33. The average molecular weight is 243 g/mol. The Morgan fingerprint density at radius 3 is 2.94 bits per heavy atom. The van der Waals surface area contributed by atoms with Crippen LogP contribution < -0.4 is 10.6 Å². The van der Waals surface area contributed by atoms with Crippen molar-refractivity contribution in [2.75, 3.05) is 31.2 Å². The SMILES string of the molecule is NC(C(=O)O)c1cnc(N2CCOCC2)s1. The Labute approximate surface area is 96.6 Å². The summed E-state index contributed by atoms with van der Waals surface area (Å²) in [5.41, 5.74) is 5.51. The van der Waals surface area contributed by atoms with Crippen molar-refractivity contribution in [1.82, 2.24) is 4.98 Å². The zero-order valence-corrected chi connectivity index (χ0v) is 9.44. The van der Waals surface area contributed by atoms with Crippen molar-refractivity contribution >= 4 is 22.4 Å². The molecule has 2 heterocycles. The number of thiazole rings is 1. The summed E-state index contributed by atoms with van der Waals surface area (Å²) in [6.07, 6.45) is 1.54. The van der Waals surface area contributed by atoms with E-state index in [1.807, 2.05) is 0 Å². The molecule has 1 unspecified atom stereocenters. The van der Waals surface area contributed by atoms with E-state index in [0.29, 0.717) is 18.1 Å². The highest BCUT2D eigenvalue weighted by Crippen LogP contribution is 2.26. The number of carboxylic acids is 1. The van der Waals surface area contributed by atoms with E-state index in [9.17, 15) is 4.79 Å². The topological polar surface area (TPSA) is 88.7 Å². The van der Waals surface area contributed by atoms with Gasteiger partial charge in [-0.05, 0) is 0 Å². The Balaban J connectivity index is 2.09. The molecule has 1 aromatic rings. The van der Waals surface area contributed by atoms with E-state index in [2.05, 4.69) is 9.88 Å². The second-order valence-electron chi connectivity index (χ2n) is 3.46. The molecular formula is C9H13N3O3S. The number of carbonyl (C=O) groups is 1. The predicted molar refractivity (Wildman–Crippen MR) is 59.7 cm³/mol. The van der Waals surface area contributed by atoms with Crippen LogP contribution in [0.15, 0.2) is 6.20 Å². The number of morpholine rings is 1. The van der Waals surface area contributed by atoms with Crippen molar-refractivity contribution in [2.24, 2.45) is 5.73 Å². The van der Waals surface area contributed by atoms with Crippen molar-refractivity contribution in [3.63, 3.8) is 0 Å². The van der Waals surface area contributed by atoms with Gasteiger partial charge in [0.25, 0.3) is 0 Å². The van der Waals surface area contributed by atoms with E-state index in [-0.39, 0.29) is 0 Å². The second-order valence-corrected chi connectivity index (χ2v) is 4.50. The van der Waals surface area contributed by atoms with Gasteiger partial charge in [-0.15, -0.1) is 0 Å². The van der Waals surface area contributed by atoms with Crippen molar-refractivity contribution < 1.29 is 14.6 Å². The van der Waals surface area contributed by atoms with E-state index in [1.165, 1.54) is 17.5 Å². The fraction of sp³-hybridized carbons (Fsp3) is 0.556. The van der Waals surface area contributed by atoms with Crippen molar-refractivity contribution in [3.8, 4) is 0 Å². The molecule has 0 aromatic carbocycles. The van der Waals surface area contributed by atoms with Crippen LogP contribution in [0.25, 0.3) is 0 Å². The Morgan fingerprint density at radius 2 is 2.31 bits per heavy atom. The van der Waals surface area contributed by atoms with Gasteiger partial charge < -0.3 is 20.5 Å². The molecule has 1 aliphatic heterocycles. The Morgan fingerprint density at radius 1 is 1.62 bits per heavy atom. The van der Waals surface area contributed by atoms with Crippen LogP contribution in [0.5, 0.6) is 0 Å². The molecule has 0 aliphatic carbocycles. The third-order valence-electron chi connectivity index (χ3n) is 2.37. The first-order valence-corrected chi connectivity index (χ1v) is 5.77. The molecule has 1 fully saturated rings. The summed E-state index contributed by atoms with van der Waals surface area (Å²) in [7, 11) is 0. The van der Waals surface area contributed by atoms with E-state index in [1.54, 1.807) is 0 Å². The van der Waals surface area contributed by atoms with E-state index >= 15 is 0 Å². The number of hydrogen-bond acceptors (Lipinski definition) is 6. The Bertz CT molecular complexity index is 376. The van der Waals surface area contributed by atoms with Gasteiger partial charge in [0.15, 0.2) is 5.13 Å². The highest BCUT2D eigenvalue weighted by atomic mass is 32.1. The standard InChI is InChI=1S/C9H13N3O3S/c10-7(8(13)14)6-5-11-9(16-6)12-1-3-15-4-2-12/h5,7H,1-4,10H2,(H,13,14). The van der Waals surface area contributed by atoms with Crippen LogP contribution in [0.3, 0.4) is 0 Å². The van der Waals surface area contributed by atoms with Gasteiger partial charge >= 0.3 is 5.97 Å². The van der Waals surface area contributed by atoms with Crippen LogP contribution in [-0.2, 0) is 9.53 Å². The first-order valence-electron chi connectivity index (χ1n) is 4.95. The van der Waals surface area contributed by atoms with Gasteiger partial charge in [0.05, 0.1) is 18.1 Å². The van der Waals surface area contributed by atoms with Crippen LogP contribution in [-0.4, -0.2) is 42.4 Å². The van der Waals surface area contributed by atoms with Crippen LogP contribution in [0.4, 0.5) is 5.13 Å². The number of nitrogens with zero attached hydrogens (tertiary/aromatic N) is 2. The summed E-state index contributed by atoms with van der Waals surface area (Å²) in [4.78, 5) is 17.5. The minimum Gasteiger partial charge on any atom is -0.480 e. The van der Waals surface area contributed by atoms with E-state index in [0.717, 1.165) is 18.2 Å². The molecular weight excluding hydrogens is 230 g/mol. The van der Waals surface area contributed by atoms with Gasteiger partial charge in [0.1, 0.15) is 6.04 Å². The molecule has 0 amide bonds. The number of hydrogen-bond donors (Lipinski definition) is 2. The lowest BCUT2D eigenvalue weighted by atomic mass is 10.3. The molecule has 1 aromatic heterocycles. The molecule has 6 nitrogen and oxygen atoms in total. The maximum absolute atomic E-state index is 10.7. The number of ether oxygens (including phenoxy) is 1. The van der Waals surface area contributed by atoms with Crippen molar-refractivity contribution in [3.05, 3.63) is 11.1 Å². The summed E-state index contributed by atoms with van der Waals surface area (Å²) < 4.78 is 5.23. The normalized spacial score (nSPS) is 18.4. The van der Waals surface area contributed by atoms with E-state index in [4.69, 9.17) is 15.6 Å². The van der Waals surface area contributed by atoms with Gasteiger partial charge in [0, 0.05) is 19.3 Å². The molecule has 0 bridgehead atoms. The number of aliphatic carboxylic acids is 1. The molecule has 2 rings (SSSR count). The molecule has 1 atom stereocenters. The molecule has 88 valence electrons. The maximum Gasteiger partial charge on any atom is 0.326 e. The number of aromatic nitrogens is 1. The lowest BCUT2D eigenvalue weighted by molar-refractivity contribution is -0.138. The third kappa shape index (κ3) is 2.31. The predicted octanol–water partition coefficient (Wildman–Crippen LogP) is 0.0641. The van der Waals surface area contributed by atoms with Crippen molar-refractivity contribution in [1.29, 1.82) is 0 Å². The number of carboxylic acid groups (broad SMARTS) is 1. The van der Waals surface area contributed by atoms with Gasteiger partial charge in [-0.25, -0.2) is 4.98 Å². The quantitative estimate of drug-likeness (QED) is 0.780. The molecule has 1 aliphatic rings. The van der Waals surface area contributed by atoms with Crippen LogP contribution >= 0.6 is 11.3 Å². The maximum atomic E-state index is 10.7. The molecule has 3 N–H and O–H groups in total. The lowest BCUT2D eigenvalue weighted by Crippen LogP contribution is -2.36. The fourth-order valence-corrected chi connectivity index (χ4v) is 2.40. The lowest BCUT2D eigenvalue weighted by Gasteiger charge is -2.26. The summed E-state index contributed by atoms with van der Waals surface area (Å²) in [6.45, 7) is 2.93. The van der Waals surface area contributed by atoms with Gasteiger partial charge in [-0.3, -0.25) is 4.79 Å². The minimum absolute atomic E-state index is 0.578. The van der Waals surface area contributed by atoms with Crippen LogP contribution in [0, 0.1) is 0 Å². The fourth-order valence-electron chi connectivity index (χ4n) is 1.44. The average Bonchev–Trinajstić information content (AvgIpc) is 2.78. The summed E-state index contributed by atoms with van der Waals surface area (Å²) in [5, 5.41) is 9.59. The highest BCUT2D eigenvalue weighted by molar-refractivity contribution is 7.15. The summed E-state index contributed by atoms with van der Waals surface area (Å²) in [5.74, 6) is -1.03. The molecule has 0 spiro atoms. The number of anilines is 1.